The molecule has 0 radical (unpaired) electrons. The third kappa shape index (κ3) is 4.11. The number of hydrogen-bond acceptors (Lipinski definition) is 2. The number of esters is 1. The minimum absolute atomic E-state index is 0.0647. The largest absolute Gasteiger partial charge is 0.449 e. The molecule has 132 valence electrons. The Kier molecular flexibility index (Phi) is 5.07. The molecule has 0 atom stereocenters. The first-order valence-electron chi connectivity index (χ1n) is 7.93. The van der Waals surface area contributed by atoms with E-state index in [-0.39, 0.29) is 5.56 Å². The second kappa shape index (κ2) is 7.44. The maximum absolute atomic E-state index is 12.7. The number of ether oxygens (including phenoxy) is 1. The van der Waals surface area contributed by atoms with Crippen molar-refractivity contribution in [2.75, 3.05) is 0 Å². The van der Waals surface area contributed by atoms with Crippen LogP contribution in [0.15, 0.2) is 84.9 Å². The van der Waals surface area contributed by atoms with Gasteiger partial charge in [-0.05, 0) is 35.4 Å². The van der Waals surface area contributed by atoms with Gasteiger partial charge in [-0.1, -0.05) is 60.7 Å². The highest BCUT2D eigenvalue weighted by atomic mass is 19.4. The van der Waals surface area contributed by atoms with Gasteiger partial charge in [0.15, 0.2) is 6.10 Å². The van der Waals surface area contributed by atoms with Crippen molar-refractivity contribution in [2.24, 2.45) is 0 Å². The summed E-state index contributed by atoms with van der Waals surface area (Å²) in [7, 11) is 0. The molecule has 2 nitrogen and oxygen atoms in total. The third-order valence-electron chi connectivity index (χ3n) is 3.88. The van der Waals surface area contributed by atoms with Crippen LogP contribution in [-0.2, 0) is 10.9 Å². The molecule has 0 saturated carbocycles. The van der Waals surface area contributed by atoms with Crippen LogP contribution in [0.4, 0.5) is 13.2 Å². The fourth-order valence-corrected chi connectivity index (χ4v) is 2.55. The zero-order chi connectivity index (χ0) is 18.6. The number of benzene rings is 3. The normalized spacial score (nSPS) is 11.4. The Morgan fingerprint density at radius 1 is 0.731 bits per heavy atom. The molecular weight excluding hydrogens is 341 g/mol. The highest BCUT2D eigenvalue weighted by Gasteiger charge is 2.30. The Hall–Kier alpha value is -3.08. The molecule has 0 aliphatic rings. The molecule has 3 rings (SSSR count). The third-order valence-corrected chi connectivity index (χ3v) is 3.88. The van der Waals surface area contributed by atoms with Gasteiger partial charge in [-0.2, -0.15) is 13.2 Å². The van der Waals surface area contributed by atoms with Crippen molar-refractivity contribution in [3.05, 3.63) is 107 Å². The SMILES string of the molecule is O=C(OC(c1ccccc1)c1ccccc1)c1ccc(C(F)(F)F)cc1. The molecule has 0 bridgehead atoms. The van der Waals surface area contributed by atoms with Gasteiger partial charge in [0.25, 0.3) is 0 Å². The molecule has 3 aromatic rings. The summed E-state index contributed by atoms with van der Waals surface area (Å²) in [6, 6.07) is 22.3. The number of halogens is 3. The number of carbonyl (C=O) groups excluding carboxylic acids is 1. The molecule has 0 amide bonds. The summed E-state index contributed by atoms with van der Waals surface area (Å²) in [5.74, 6) is -0.684. The highest BCUT2D eigenvalue weighted by molar-refractivity contribution is 5.89. The van der Waals surface area contributed by atoms with Crippen molar-refractivity contribution >= 4 is 5.97 Å². The zero-order valence-corrected chi connectivity index (χ0v) is 13.6. The molecule has 0 N–H and O–H groups in total. The average molecular weight is 356 g/mol. The van der Waals surface area contributed by atoms with E-state index in [2.05, 4.69) is 0 Å². The van der Waals surface area contributed by atoms with Crippen molar-refractivity contribution in [3.63, 3.8) is 0 Å². The van der Waals surface area contributed by atoms with Gasteiger partial charge >= 0.3 is 12.1 Å². The van der Waals surface area contributed by atoms with Crippen LogP contribution >= 0.6 is 0 Å². The van der Waals surface area contributed by atoms with E-state index >= 15 is 0 Å². The van der Waals surface area contributed by atoms with Crippen molar-refractivity contribution in [1.29, 1.82) is 0 Å². The van der Waals surface area contributed by atoms with Crippen LogP contribution in [0.3, 0.4) is 0 Å². The predicted octanol–water partition coefficient (Wildman–Crippen LogP) is 5.65. The Balaban J connectivity index is 1.86. The quantitative estimate of drug-likeness (QED) is 0.565. The summed E-state index contributed by atoms with van der Waals surface area (Å²) >= 11 is 0. The second-order valence-electron chi connectivity index (χ2n) is 5.68. The van der Waals surface area contributed by atoms with Crippen molar-refractivity contribution in [3.8, 4) is 0 Å². The molecule has 0 aliphatic heterocycles. The van der Waals surface area contributed by atoms with Crippen LogP contribution in [0.25, 0.3) is 0 Å². The summed E-state index contributed by atoms with van der Waals surface area (Å²) in [4.78, 5) is 12.5. The Morgan fingerprint density at radius 3 is 1.62 bits per heavy atom. The van der Waals surface area contributed by atoms with Gasteiger partial charge in [0.05, 0.1) is 11.1 Å². The van der Waals surface area contributed by atoms with Crippen LogP contribution in [0, 0.1) is 0 Å². The van der Waals surface area contributed by atoms with Crippen LogP contribution in [-0.4, -0.2) is 5.97 Å². The van der Waals surface area contributed by atoms with Crippen LogP contribution < -0.4 is 0 Å². The smallest absolute Gasteiger partial charge is 0.416 e. The van der Waals surface area contributed by atoms with E-state index in [0.717, 1.165) is 35.4 Å². The second-order valence-corrected chi connectivity index (χ2v) is 5.68. The van der Waals surface area contributed by atoms with E-state index < -0.39 is 23.8 Å². The molecule has 0 aliphatic carbocycles. The van der Waals surface area contributed by atoms with E-state index in [1.165, 1.54) is 0 Å². The Bertz CT molecular complexity index is 818. The minimum atomic E-state index is -4.45. The number of alkyl halides is 3. The topological polar surface area (TPSA) is 26.3 Å². The maximum atomic E-state index is 12.7. The molecular formula is C21H15F3O2. The lowest BCUT2D eigenvalue weighted by atomic mass is 10.0. The molecule has 0 saturated heterocycles. The van der Waals surface area contributed by atoms with Crippen LogP contribution in [0.5, 0.6) is 0 Å². The summed E-state index contributed by atoms with van der Waals surface area (Å²) < 4.78 is 43.6. The van der Waals surface area contributed by atoms with Gasteiger partial charge < -0.3 is 4.74 Å². The van der Waals surface area contributed by atoms with E-state index in [4.69, 9.17) is 4.74 Å². The lowest BCUT2D eigenvalue weighted by Crippen LogP contribution is -2.13. The van der Waals surface area contributed by atoms with Gasteiger partial charge in [-0.3, -0.25) is 0 Å². The molecule has 5 heteroatoms. The Morgan fingerprint density at radius 2 is 1.19 bits per heavy atom. The monoisotopic (exact) mass is 356 g/mol. The van der Waals surface area contributed by atoms with Crippen LogP contribution in [0.1, 0.15) is 33.2 Å². The number of hydrogen-bond donors (Lipinski definition) is 0. The van der Waals surface area contributed by atoms with Crippen molar-refractivity contribution in [1.82, 2.24) is 0 Å². The lowest BCUT2D eigenvalue weighted by Gasteiger charge is -2.19. The number of carbonyl (C=O) groups is 1. The first-order chi connectivity index (χ1) is 12.4. The van der Waals surface area contributed by atoms with Gasteiger partial charge in [-0.25, -0.2) is 4.79 Å². The number of rotatable bonds is 4. The van der Waals surface area contributed by atoms with E-state index in [0.29, 0.717) is 0 Å². The Labute approximate surface area is 148 Å². The minimum Gasteiger partial charge on any atom is -0.449 e. The summed E-state index contributed by atoms with van der Waals surface area (Å²) in [5.41, 5.74) is 0.810. The summed E-state index contributed by atoms with van der Waals surface area (Å²) in [6.45, 7) is 0. The summed E-state index contributed by atoms with van der Waals surface area (Å²) in [5, 5.41) is 0. The van der Waals surface area contributed by atoms with Gasteiger partial charge in [0.1, 0.15) is 0 Å². The van der Waals surface area contributed by atoms with Crippen molar-refractivity contribution < 1.29 is 22.7 Å². The first kappa shape index (κ1) is 17.7. The highest BCUT2D eigenvalue weighted by Crippen LogP contribution is 2.30. The van der Waals surface area contributed by atoms with Crippen LogP contribution in [0.2, 0.25) is 0 Å². The van der Waals surface area contributed by atoms with Gasteiger partial charge in [0.2, 0.25) is 0 Å². The molecule has 0 aromatic heterocycles. The van der Waals surface area contributed by atoms with E-state index in [9.17, 15) is 18.0 Å². The van der Waals surface area contributed by atoms with Gasteiger partial charge in [0, 0.05) is 0 Å². The molecule has 26 heavy (non-hydrogen) atoms. The fraction of sp³-hybridized carbons (Fsp3) is 0.0952. The van der Waals surface area contributed by atoms with E-state index in [1.54, 1.807) is 0 Å². The zero-order valence-electron chi connectivity index (χ0n) is 13.6. The fourth-order valence-electron chi connectivity index (χ4n) is 2.55. The van der Waals surface area contributed by atoms with E-state index in [1.807, 2.05) is 60.7 Å². The molecule has 0 fully saturated rings. The van der Waals surface area contributed by atoms with Crippen molar-refractivity contribution in [2.45, 2.75) is 12.3 Å². The first-order valence-corrected chi connectivity index (χ1v) is 7.93. The molecule has 0 unspecified atom stereocenters. The summed E-state index contributed by atoms with van der Waals surface area (Å²) in [6.07, 6.45) is -5.09. The predicted molar refractivity (Wildman–Crippen MR) is 91.6 cm³/mol. The molecule has 3 aromatic carbocycles. The maximum Gasteiger partial charge on any atom is 0.416 e. The standard InChI is InChI=1S/C21H15F3O2/c22-21(23,24)18-13-11-17(12-14-18)20(25)26-19(15-7-3-1-4-8-15)16-9-5-2-6-10-16/h1-14,19H. The average Bonchev–Trinajstić information content (AvgIpc) is 2.67. The molecule has 0 heterocycles. The lowest BCUT2D eigenvalue weighted by molar-refractivity contribution is -0.137. The van der Waals surface area contributed by atoms with Gasteiger partial charge in [-0.15, -0.1) is 0 Å². The molecule has 0 spiro atoms.